The van der Waals surface area contributed by atoms with Crippen molar-refractivity contribution < 1.29 is 9.50 Å². The zero-order valence-electron chi connectivity index (χ0n) is 9.40. The molecule has 0 radical (unpaired) electrons. The standard InChI is InChI=1S/C12H13FN2OS/c1-8-15-7-11(17-8)6-14-5-9-4-10(13)2-3-12(9)16/h2-4,7,14,16H,5-6H2,1H3. The van der Waals surface area contributed by atoms with E-state index in [1.54, 1.807) is 11.3 Å². The zero-order chi connectivity index (χ0) is 12.3. The summed E-state index contributed by atoms with van der Waals surface area (Å²) in [6, 6.07) is 3.94. The van der Waals surface area contributed by atoms with E-state index >= 15 is 0 Å². The maximum atomic E-state index is 13.0. The molecule has 17 heavy (non-hydrogen) atoms. The minimum Gasteiger partial charge on any atom is -0.508 e. The van der Waals surface area contributed by atoms with Crippen molar-refractivity contribution in [3.05, 3.63) is 45.7 Å². The van der Waals surface area contributed by atoms with Crippen LogP contribution in [0.4, 0.5) is 4.39 Å². The van der Waals surface area contributed by atoms with E-state index in [0.29, 0.717) is 18.7 Å². The molecule has 2 aromatic rings. The molecule has 0 aliphatic rings. The van der Waals surface area contributed by atoms with E-state index < -0.39 is 0 Å². The smallest absolute Gasteiger partial charge is 0.123 e. The fourth-order valence-electron chi connectivity index (χ4n) is 1.50. The van der Waals surface area contributed by atoms with Crippen LogP contribution in [0.1, 0.15) is 15.4 Å². The van der Waals surface area contributed by atoms with Crippen molar-refractivity contribution in [2.45, 2.75) is 20.0 Å². The summed E-state index contributed by atoms with van der Waals surface area (Å²) in [5.74, 6) is -0.229. The Labute approximate surface area is 103 Å². The second-order valence-electron chi connectivity index (χ2n) is 3.72. The molecule has 0 bridgehead atoms. The molecule has 0 atom stereocenters. The van der Waals surface area contributed by atoms with E-state index in [4.69, 9.17) is 0 Å². The maximum absolute atomic E-state index is 13.0. The summed E-state index contributed by atoms with van der Waals surface area (Å²) in [6.45, 7) is 3.05. The lowest BCUT2D eigenvalue weighted by molar-refractivity contribution is 0.461. The normalized spacial score (nSPS) is 10.7. The van der Waals surface area contributed by atoms with Crippen LogP contribution >= 0.6 is 11.3 Å². The first kappa shape index (κ1) is 12.0. The molecule has 3 nitrogen and oxygen atoms in total. The first-order valence-electron chi connectivity index (χ1n) is 5.24. The van der Waals surface area contributed by atoms with Crippen LogP contribution in [0, 0.1) is 12.7 Å². The van der Waals surface area contributed by atoms with Gasteiger partial charge >= 0.3 is 0 Å². The van der Waals surface area contributed by atoms with Crippen molar-refractivity contribution in [1.82, 2.24) is 10.3 Å². The van der Waals surface area contributed by atoms with Crippen molar-refractivity contribution in [3.8, 4) is 5.75 Å². The van der Waals surface area contributed by atoms with Gasteiger partial charge in [0.2, 0.25) is 0 Å². The number of nitrogens with zero attached hydrogens (tertiary/aromatic N) is 1. The number of hydrogen-bond donors (Lipinski definition) is 2. The molecule has 1 aromatic heterocycles. The highest BCUT2D eigenvalue weighted by Crippen LogP contribution is 2.18. The summed E-state index contributed by atoms with van der Waals surface area (Å²) in [7, 11) is 0. The molecule has 0 saturated carbocycles. The van der Waals surface area contributed by atoms with Gasteiger partial charge in [-0.25, -0.2) is 9.37 Å². The molecule has 1 aromatic carbocycles. The van der Waals surface area contributed by atoms with Crippen molar-refractivity contribution in [2.24, 2.45) is 0 Å². The van der Waals surface area contributed by atoms with Crippen LogP contribution in [-0.4, -0.2) is 10.1 Å². The van der Waals surface area contributed by atoms with Crippen molar-refractivity contribution >= 4 is 11.3 Å². The van der Waals surface area contributed by atoms with Gasteiger partial charge in [-0.3, -0.25) is 0 Å². The lowest BCUT2D eigenvalue weighted by atomic mass is 10.2. The van der Waals surface area contributed by atoms with Crippen LogP contribution in [0.3, 0.4) is 0 Å². The lowest BCUT2D eigenvalue weighted by Gasteiger charge is -2.05. The Morgan fingerprint density at radius 2 is 2.24 bits per heavy atom. The molecule has 0 aliphatic carbocycles. The predicted octanol–water partition coefficient (Wildman–Crippen LogP) is 2.59. The summed E-state index contributed by atoms with van der Waals surface area (Å²) in [4.78, 5) is 5.27. The highest BCUT2D eigenvalue weighted by molar-refractivity contribution is 7.11. The molecule has 0 unspecified atom stereocenters. The highest BCUT2D eigenvalue weighted by atomic mass is 32.1. The minimum atomic E-state index is -0.340. The van der Waals surface area contributed by atoms with E-state index in [9.17, 15) is 9.50 Å². The Balaban J connectivity index is 1.91. The van der Waals surface area contributed by atoms with Crippen LogP contribution in [0.25, 0.3) is 0 Å². The van der Waals surface area contributed by atoms with Gasteiger partial charge in [-0.2, -0.15) is 0 Å². The van der Waals surface area contributed by atoms with Crippen LogP contribution in [0.5, 0.6) is 5.75 Å². The molecular weight excluding hydrogens is 239 g/mol. The first-order chi connectivity index (χ1) is 8.15. The Morgan fingerprint density at radius 1 is 1.41 bits per heavy atom. The molecule has 0 aliphatic heterocycles. The van der Waals surface area contributed by atoms with E-state index in [1.165, 1.54) is 18.2 Å². The quantitative estimate of drug-likeness (QED) is 0.879. The summed E-state index contributed by atoms with van der Waals surface area (Å²) in [6.07, 6.45) is 1.82. The highest BCUT2D eigenvalue weighted by Gasteiger charge is 2.03. The molecule has 2 N–H and O–H groups in total. The van der Waals surface area contributed by atoms with Crippen molar-refractivity contribution in [1.29, 1.82) is 0 Å². The molecule has 1 heterocycles. The average molecular weight is 252 g/mol. The van der Waals surface area contributed by atoms with Gasteiger partial charge in [0.05, 0.1) is 5.01 Å². The van der Waals surface area contributed by atoms with Crippen LogP contribution in [-0.2, 0) is 13.1 Å². The third kappa shape index (κ3) is 3.25. The Morgan fingerprint density at radius 3 is 2.94 bits per heavy atom. The van der Waals surface area contributed by atoms with Crippen LogP contribution < -0.4 is 5.32 Å². The number of rotatable bonds is 4. The monoisotopic (exact) mass is 252 g/mol. The molecule has 0 amide bonds. The third-order valence-corrected chi connectivity index (χ3v) is 3.24. The largest absolute Gasteiger partial charge is 0.508 e. The number of benzene rings is 1. The van der Waals surface area contributed by atoms with Crippen molar-refractivity contribution in [3.63, 3.8) is 0 Å². The molecule has 5 heteroatoms. The number of aromatic hydroxyl groups is 1. The minimum absolute atomic E-state index is 0.111. The number of phenolic OH excluding ortho intramolecular Hbond substituents is 1. The molecular formula is C12H13FN2OS. The molecule has 90 valence electrons. The topological polar surface area (TPSA) is 45.2 Å². The van der Waals surface area contributed by atoms with Crippen LogP contribution in [0.15, 0.2) is 24.4 Å². The Kier molecular flexibility index (Phi) is 3.71. The number of halogens is 1. The Hall–Kier alpha value is -1.46. The van der Waals surface area contributed by atoms with Crippen molar-refractivity contribution in [2.75, 3.05) is 0 Å². The van der Waals surface area contributed by atoms with Gasteiger partial charge in [0, 0.05) is 29.7 Å². The lowest BCUT2D eigenvalue weighted by Crippen LogP contribution is -2.12. The average Bonchev–Trinajstić information content (AvgIpc) is 2.69. The van der Waals surface area contributed by atoms with Gasteiger partial charge in [-0.1, -0.05) is 0 Å². The number of phenols is 1. The van der Waals surface area contributed by atoms with Gasteiger partial charge < -0.3 is 10.4 Å². The van der Waals surface area contributed by atoms with Gasteiger partial charge in [0.25, 0.3) is 0 Å². The van der Waals surface area contributed by atoms with E-state index in [2.05, 4.69) is 10.3 Å². The van der Waals surface area contributed by atoms with E-state index in [-0.39, 0.29) is 11.6 Å². The predicted molar refractivity (Wildman–Crippen MR) is 65.5 cm³/mol. The van der Waals surface area contributed by atoms with E-state index in [0.717, 1.165) is 9.88 Å². The zero-order valence-corrected chi connectivity index (χ0v) is 10.2. The molecule has 2 rings (SSSR count). The summed E-state index contributed by atoms with van der Waals surface area (Å²) in [5.41, 5.74) is 0.561. The van der Waals surface area contributed by atoms with Gasteiger partial charge in [-0.15, -0.1) is 11.3 Å². The molecule has 0 spiro atoms. The number of aryl methyl sites for hydroxylation is 1. The fraction of sp³-hybridized carbons (Fsp3) is 0.250. The number of hydrogen-bond acceptors (Lipinski definition) is 4. The van der Waals surface area contributed by atoms with E-state index in [1.807, 2.05) is 13.1 Å². The summed E-state index contributed by atoms with van der Waals surface area (Å²) < 4.78 is 13.0. The molecule has 0 saturated heterocycles. The number of nitrogens with one attached hydrogen (secondary N) is 1. The second-order valence-corrected chi connectivity index (χ2v) is 5.04. The first-order valence-corrected chi connectivity index (χ1v) is 6.06. The number of thiazole rings is 1. The fourth-order valence-corrected chi connectivity index (χ4v) is 2.27. The van der Waals surface area contributed by atoms with Crippen LogP contribution in [0.2, 0.25) is 0 Å². The summed E-state index contributed by atoms with van der Waals surface area (Å²) >= 11 is 1.62. The SMILES string of the molecule is Cc1ncc(CNCc2cc(F)ccc2O)s1. The van der Waals surface area contributed by atoms with Gasteiger partial charge in [0.1, 0.15) is 11.6 Å². The number of aromatic nitrogens is 1. The van der Waals surface area contributed by atoms with Gasteiger partial charge in [0.15, 0.2) is 0 Å². The maximum Gasteiger partial charge on any atom is 0.123 e. The summed E-state index contributed by atoms with van der Waals surface area (Å²) in [5, 5.41) is 13.7. The Bertz CT molecular complexity index is 513. The van der Waals surface area contributed by atoms with Gasteiger partial charge in [-0.05, 0) is 25.1 Å². The second kappa shape index (κ2) is 5.25. The molecule has 0 fully saturated rings. The third-order valence-electron chi connectivity index (χ3n) is 2.33.